The third kappa shape index (κ3) is 4.01. The molecule has 1 saturated carbocycles. The van der Waals surface area contributed by atoms with Crippen LogP contribution < -0.4 is 5.73 Å². The third-order valence-corrected chi connectivity index (χ3v) is 7.13. The van der Waals surface area contributed by atoms with Crippen molar-refractivity contribution in [1.29, 1.82) is 0 Å². The molecule has 37 heavy (non-hydrogen) atoms. The lowest BCUT2D eigenvalue weighted by atomic mass is 10.1. The summed E-state index contributed by atoms with van der Waals surface area (Å²) in [7, 11) is 1.61. The first-order valence-electron chi connectivity index (χ1n) is 12.2. The van der Waals surface area contributed by atoms with Gasteiger partial charge in [0.05, 0.1) is 35.6 Å². The van der Waals surface area contributed by atoms with E-state index in [9.17, 15) is 4.79 Å². The van der Waals surface area contributed by atoms with Gasteiger partial charge in [-0.25, -0.2) is 19.3 Å². The van der Waals surface area contributed by atoms with Crippen molar-refractivity contribution in [3.05, 3.63) is 66.4 Å². The van der Waals surface area contributed by atoms with Crippen molar-refractivity contribution >= 4 is 28.3 Å². The maximum Gasteiger partial charge on any atom is 0.246 e. The highest BCUT2D eigenvalue weighted by molar-refractivity contribution is 5.87. The number of aromatic nitrogens is 5. The number of fused-ring (bicyclic) bond motifs is 2. The first-order chi connectivity index (χ1) is 18.0. The number of methoxy groups -OCH3 is 1. The maximum atomic E-state index is 15.0. The van der Waals surface area contributed by atoms with Crippen LogP contribution in [0.5, 0.6) is 0 Å². The fourth-order valence-corrected chi connectivity index (χ4v) is 5.22. The molecule has 1 aliphatic carbocycles. The van der Waals surface area contributed by atoms with Crippen LogP contribution in [0.4, 0.5) is 10.2 Å². The number of nitrogens with two attached hydrogens (primary N) is 1. The van der Waals surface area contributed by atoms with Crippen LogP contribution in [0.3, 0.4) is 0 Å². The van der Waals surface area contributed by atoms with Gasteiger partial charge in [-0.3, -0.25) is 9.20 Å². The number of halogens is 1. The number of hydrogen-bond acceptors (Lipinski definition) is 6. The molecule has 0 radical (unpaired) electrons. The summed E-state index contributed by atoms with van der Waals surface area (Å²) < 4.78 is 24.2. The normalized spacial score (nSPS) is 19.4. The van der Waals surface area contributed by atoms with Crippen LogP contribution >= 0.6 is 0 Å². The highest BCUT2D eigenvalue weighted by atomic mass is 19.1. The van der Waals surface area contributed by atoms with Crippen LogP contribution in [0, 0.1) is 17.7 Å². The Balaban J connectivity index is 1.39. The fourth-order valence-electron chi connectivity index (χ4n) is 5.22. The van der Waals surface area contributed by atoms with Gasteiger partial charge in [-0.05, 0) is 37.3 Å². The highest BCUT2D eigenvalue weighted by Gasteiger charge is 2.37. The Bertz CT molecular complexity index is 1610. The minimum absolute atomic E-state index is 0.0756. The molecule has 3 aromatic heterocycles. The van der Waals surface area contributed by atoms with Gasteiger partial charge in [0.1, 0.15) is 22.9 Å². The first kappa shape index (κ1) is 23.2. The molecule has 1 amide bonds. The van der Waals surface area contributed by atoms with E-state index >= 15 is 4.39 Å². The zero-order chi connectivity index (χ0) is 25.7. The summed E-state index contributed by atoms with van der Waals surface area (Å²) in [5.41, 5.74) is 8.91. The predicted molar refractivity (Wildman–Crippen MR) is 136 cm³/mol. The topological polar surface area (TPSA) is 104 Å². The number of likely N-dealkylation sites (tertiary alicyclic amines) is 1. The van der Waals surface area contributed by atoms with Crippen LogP contribution in [0.2, 0.25) is 0 Å². The van der Waals surface area contributed by atoms with Crippen molar-refractivity contribution in [3.63, 3.8) is 0 Å². The zero-order valence-electron chi connectivity index (χ0n) is 20.4. The lowest BCUT2D eigenvalue weighted by molar-refractivity contribution is -0.127. The van der Waals surface area contributed by atoms with Gasteiger partial charge in [0.15, 0.2) is 5.82 Å². The van der Waals surface area contributed by atoms with Crippen molar-refractivity contribution < 1.29 is 13.9 Å². The number of imidazole rings is 2. The molecule has 1 unspecified atom stereocenters. The van der Waals surface area contributed by atoms with E-state index in [2.05, 4.69) is 28.4 Å². The first-order valence-corrected chi connectivity index (χ1v) is 12.2. The summed E-state index contributed by atoms with van der Waals surface area (Å²) in [6, 6.07) is 3.47. The molecule has 0 bridgehead atoms. The van der Waals surface area contributed by atoms with Gasteiger partial charge in [0, 0.05) is 44.1 Å². The van der Waals surface area contributed by atoms with Gasteiger partial charge >= 0.3 is 0 Å². The molecule has 2 aliphatic rings. The Kier molecular flexibility index (Phi) is 5.65. The van der Waals surface area contributed by atoms with Gasteiger partial charge in [0.25, 0.3) is 0 Å². The van der Waals surface area contributed by atoms with E-state index in [-0.39, 0.29) is 29.2 Å². The SMILES string of the molecule is C=CC(=O)N1CC(c2nc(C#Cc3cc4ncn(C5CC5)c4cc3F)c3c(N)nccn23)C[C@@H]1COC. The van der Waals surface area contributed by atoms with Gasteiger partial charge in [0.2, 0.25) is 5.91 Å². The fraction of sp³-hybridized carbons (Fsp3) is 0.333. The van der Waals surface area contributed by atoms with Crippen molar-refractivity contribution in [3.8, 4) is 11.8 Å². The van der Waals surface area contributed by atoms with Gasteiger partial charge in [-0.15, -0.1) is 0 Å². The zero-order valence-corrected chi connectivity index (χ0v) is 20.4. The van der Waals surface area contributed by atoms with Crippen LogP contribution in [0.25, 0.3) is 16.6 Å². The van der Waals surface area contributed by atoms with E-state index in [4.69, 9.17) is 15.5 Å². The number of ether oxygens (including phenoxy) is 1. The van der Waals surface area contributed by atoms with Crippen molar-refractivity contribution in [2.45, 2.75) is 37.3 Å². The Labute approximate surface area is 212 Å². The van der Waals surface area contributed by atoms with E-state index in [0.29, 0.717) is 48.2 Å². The largest absolute Gasteiger partial charge is 0.383 e. The number of amides is 1. The molecule has 1 saturated heterocycles. The smallest absolute Gasteiger partial charge is 0.246 e. The lowest BCUT2D eigenvalue weighted by Crippen LogP contribution is -2.37. The Hall–Kier alpha value is -4.23. The minimum Gasteiger partial charge on any atom is -0.383 e. The molecule has 1 aromatic carbocycles. The van der Waals surface area contributed by atoms with Gasteiger partial charge in [-0.2, -0.15) is 0 Å². The monoisotopic (exact) mass is 499 g/mol. The summed E-state index contributed by atoms with van der Waals surface area (Å²) in [5, 5.41) is 0. The molecule has 9 nitrogen and oxygen atoms in total. The van der Waals surface area contributed by atoms with E-state index in [0.717, 1.165) is 18.4 Å². The summed E-state index contributed by atoms with van der Waals surface area (Å²) in [6.07, 6.45) is 9.30. The Morgan fingerprint density at radius 1 is 1.32 bits per heavy atom. The lowest BCUT2D eigenvalue weighted by Gasteiger charge is -2.22. The number of benzene rings is 1. The molecule has 6 rings (SSSR count). The summed E-state index contributed by atoms with van der Waals surface area (Å²) in [5.74, 6) is 6.31. The third-order valence-electron chi connectivity index (χ3n) is 7.13. The predicted octanol–water partition coefficient (Wildman–Crippen LogP) is 3.05. The number of anilines is 1. The van der Waals surface area contributed by atoms with Crippen molar-refractivity contribution in [1.82, 2.24) is 28.8 Å². The number of carbonyl (C=O) groups is 1. The quantitative estimate of drug-likeness (QED) is 0.334. The molecule has 2 N–H and O–H groups in total. The number of rotatable bonds is 5. The molecule has 2 fully saturated rings. The number of nitrogen functional groups attached to an aromatic ring is 1. The molecular formula is C27H26FN7O2. The molecule has 10 heteroatoms. The highest BCUT2D eigenvalue weighted by Crippen LogP contribution is 2.37. The molecule has 188 valence electrons. The van der Waals surface area contributed by atoms with Crippen LogP contribution in [-0.2, 0) is 9.53 Å². The maximum absolute atomic E-state index is 15.0. The minimum atomic E-state index is -0.408. The molecular weight excluding hydrogens is 473 g/mol. The second-order valence-electron chi connectivity index (χ2n) is 9.54. The van der Waals surface area contributed by atoms with Crippen LogP contribution in [0.15, 0.2) is 43.5 Å². The number of hydrogen-bond donors (Lipinski definition) is 1. The van der Waals surface area contributed by atoms with Crippen LogP contribution in [0.1, 0.15) is 48.3 Å². The standard InChI is InChI=1S/C27H26FN7O2/c1-3-24(36)34-13-17(10-19(34)14-37-2)27-32-21(25-26(29)30-8-9-33(25)27)7-4-16-11-22-23(12-20(16)28)35(15-31-22)18-5-6-18/h3,8-9,11-12,15,17-19H,1,5-6,10,13-14H2,2H3,(H2,29,30)/t17?,19-/m1/s1. The molecule has 4 aromatic rings. The van der Waals surface area contributed by atoms with Gasteiger partial charge < -0.3 is 19.9 Å². The van der Waals surface area contributed by atoms with E-state index < -0.39 is 5.82 Å². The second-order valence-corrected chi connectivity index (χ2v) is 9.54. The second kappa shape index (κ2) is 9.01. The van der Waals surface area contributed by atoms with Crippen molar-refractivity contribution in [2.24, 2.45) is 0 Å². The molecule has 1 aliphatic heterocycles. The van der Waals surface area contributed by atoms with Gasteiger partial charge in [-0.1, -0.05) is 12.5 Å². The average molecular weight is 500 g/mol. The number of carbonyl (C=O) groups excluding carboxylic acids is 1. The molecule has 2 atom stereocenters. The average Bonchev–Trinajstić information content (AvgIpc) is 3.35. The molecule has 4 heterocycles. The van der Waals surface area contributed by atoms with Crippen LogP contribution in [-0.4, -0.2) is 61.0 Å². The number of nitrogens with zero attached hydrogens (tertiary/aromatic N) is 6. The van der Waals surface area contributed by atoms with E-state index in [1.165, 1.54) is 12.1 Å². The van der Waals surface area contributed by atoms with E-state index in [1.54, 1.807) is 36.8 Å². The Morgan fingerprint density at radius 2 is 2.16 bits per heavy atom. The summed E-state index contributed by atoms with van der Waals surface area (Å²) in [4.78, 5) is 27.7. The summed E-state index contributed by atoms with van der Waals surface area (Å²) >= 11 is 0. The summed E-state index contributed by atoms with van der Waals surface area (Å²) in [6.45, 7) is 4.49. The molecule has 0 spiro atoms. The van der Waals surface area contributed by atoms with Crippen molar-refractivity contribution in [2.75, 3.05) is 26.0 Å². The van der Waals surface area contributed by atoms with E-state index in [1.807, 2.05) is 8.97 Å². The Morgan fingerprint density at radius 3 is 2.92 bits per heavy atom.